The molecule has 5 heteroatoms. The number of halogens is 1. The van der Waals surface area contributed by atoms with Crippen LogP contribution in [-0.2, 0) is 9.84 Å². The lowest BCUT2D eigenvalue weighted by Gasteiger charge is -2.15. The van der Waals surface area contributed by atoms with Gasteiger partial charge in [0.25, 0.3) is 0 Å². The van der Waals surface area contributed by atoms with E-state index >= 15 is 0 Å². The second kappa shape index (κ2) is 5.59. The summed E-state index contributed by atoms with van der Waals surface area (Å²) < 4.78 is 22.3. The smallest absolute Gasteiger partial charge is 0.148 e. The second-order valence-corrected chi connectivity index (χ2v) is 7.67. The summed E-state index contributed by atoms with van der Waals surface area (Å²) in [5.74, 6) is 0.721. The van der Waals surface area contributed by atoms with Crippen LogP contribution in [-0.4, -0.2) is 45.0 Å². The Balaban J connectivity index is 1.92. The molecule has 0 aliphatic carbocycles. The lowest BCUT2D eigenvalue weighted by molar-refractivity contribution is 0.354. The largest absolute Gasteiger partial charge is 0.302 e. The van der Waals surface area contributed by atoms with E-state index in [0.29, 0.717) is 12.5 Å². The minimum absolute atomic E-state index is 0.245. The first-order valence-corrected chi connectivity index (χ1v) is 8.53. The number of benzene rings is 1. The van der Waals surface area contributed by atoms with Crippen molar-refractivity contribution in [2.24, 2.45) is 0 Å². The molecule has 18 heavy (non-hydrogen) atoms. The minimum Gasteiger partial charge on any atom is -0.302 e. The zero-order valence-electron chi connectivity index (χ0n) is 10.5. The summed E-state index contributed by atoms with van der Waals surface area (Å²) in [6.07, 6.45) is 2.36. The van der Waals surface area contributed by atoms with Crippen LogP contribution in [0.1, 0.15) is 17.9 Å². The summed E-state index contributed by atoms with van der Waals surface area (Å²) >= 11 is 5.99. The molecule has 0 spiro atoms. The van der Waals surface area contributed by atoms with Gasteiger partial charge in [-0.3, -0.25) is 0 Å². The number of sulfone groups is 1. The molecule has 1 saturated heterocycles. The normalized spacial score (nSPS) is 21.3. The third kappa shape index (κ3) is 3.97. The highest BCUT2D eigenvalue weighted by Crippen LogP contribution is 2.28. The Labute approximate surface area is 114 Å². The first-order chi connectivity index (χ1) is 8.44. The maximum absolute atomic E-state index is 11.1. The van der Waals surface area contributed by atoms with Crippen LogP contribution in [0.3, 0.4) is 0 Å². The summed E-state index contributed by atoms with van der Waals surface area (Å²) in [4.78, 5) is 2.21. The molecule has 1 aliphatic rings. The fourth-order valence-electron chi connectivity index (χ4n) is 2.36. The van der Waals surface area contributed by atoms with Crippen molar-refractivity contribution in [2.45, 2.75) is 12.3 Å². The van der Waals surface area contributed by atoms with Gasteiger partial charge in [0.1, 0.15) is 9.84 Å². The molecule has 0 N–H and O–H groups in total. The average molecular weight is 288 g/mol. The number of hydrogen-bond donors (Lipinski definition) is 0. The van der Waals surface area contributed by atoms with E-state index in [9.17, 15) is 8.42 Å². The highest BCUT2D eigenvalue weighted by molar-refractivity contribution is 7.90. The molecule has 0 unspecified atom stereocenters. The Morgan fingerprint density at radius 1 is 1.44 bits per heavy atom. The minimum atomic E-state index is -2.86. The number of hydrogen-bond acceptors (Lipinski definition) is 3. The highest BCUT2D eigenvalue weighted by Gasteiger charge is 2.24. The number of likely N-dealkylation sites (tertiary alicyclic amines) is 1. The first-order valence-electron chi connectivity index (χ1n) is 6.09. The molecule has 1 fully saturated rings. The van der Waals surface area contributed by atoms with E-state index in [1.165, 1.54) is 11.8 Å². The molecule has 0 saturated carbocycles. The van der Waals surface area contributed by atoms with Gasteiger partial charge in [0.2, 0.25) is 0 Å². The van der Waals surface area contributed by atoms with Crippen LogP contribution in [0.2, 0.25) is 5.02 Å². The lowest BCUT2D eigenvalue weighted by Crippen LogP contribution is -2.26. The summed E-state index contributed by atoms with van der Waals surface area (Å²) in [5, 5.41) is 0.766. The van der Waals surface area contributed by atoms with Crippen LogP contribution in [0.4, 0.5) is 0 Å². The molecule has 0 radical (unpaired) electrons. The predicted molar refractivity (Wildman–Crippen MR) is 75.0 cm³/mol. The van der Waals surface area contributed by atoms with Gasteiger partial charge in [-0.05, 0) is 36.6 Å². The van der Waals surface area contributed by atoms with E-state index in [-0.39, 0.29) is 5.75 Å². The Hall–Kier alpha value is -0.580. The zero-order valence-corrected chi connectivity index (χ0v) is 12.0. The van der Waals surface area contributed by atoms with Crippen molar-refractivity contribution >= 4 is 21.4 Å². The van der Waals surface area contributed by atoms with Crippen molar-refractivity contribution in [3.63, 3.8) is 0 Å². The Kier molecular flexibility index (Phi) is 4.30. The fourth-order valence-corrected chi connectivity index (χ4v) is 3.15. The van der Waals surface area contributed by atoms with Crippen molar-refractivity contribution in [2.75, 3.05) is 31.6 Å². The summed E-state index contributed by atoms with van der Waals surface area (Å²) in [5.41, 5.74) is 1.25. The molecule has 1 heterocycles. The molecule has 100 valence electrons. The Morgan fingerprint density at radius 2 is 2.22 bits per heavy atom. The van der Waals surface area contributed by atoms with Crippen molar-refractivity contribution in [3.8, 4) is 0 Å². The summed E-state index contributed by atoms with van der Waals surface area (Å²) in [6, 6.07) is 7.95. The lowest BCUT2D eigenvalue weighted by atomic mass is 9.99. The van der Waals surface area contributed by atoms with Crippen molar-refractivity contribution < 1.29 is 8.42 Å². The van der Waals surface area contributed by atoms with Gasteiger partial charge >= 0.3 is 0 Å². The highest BCUT2D eigenvalue weighted by atomic mass is 35.5. The molecule has 0 amide bonds. The monoisotopic (exact) mass is 287 g/mol. The SMILES string of the molecule is CS(=O)(=O)CCN1CC[C@H](c2cccc(Cl)c2)C1. The van der Waals surface area contributed by atoms with Crippen molar-refractivity contribution in [1.82, 2.24) is 4.90 Å². The van der Waals surface area contributed by atoms with Gasteiger partial charge in [-0.1, -0.05) is 23.7 Å². The van der Waals surface area contributed by atoms with Crippen LogP contribution in [0.5, 0.6) is 0 Å². The molecule has 2 rings (SSSR count). The molecule has 0 bridgehead atoms. The van der Waals surface area contributed by atoms with E-state index in [1.807, 2.05) is 18.2 Å². The maximum Gasteiger partial charge on any atom is 0.148 e. The second-order valence-electron chi connectivity index (χ2n) is 4.97. The van der Waals surface area contributed by atoms with Crippen LogP contribution in [0.15, 0.2) is 24.3 Å². The van der Waals surface area contributed by atoms with E-state index in [1.54, 1.807) is 0 Å². The third-order valence-electron chi connectivity index (χ3n) is 3.37. The van der Waals surface area contributed by atoms with Gasteiger partial charge in [0.05, 0.1) is 5.75 Å². The molecule has 1 aliphatic heterocycles. The van der Waals surface area contributed by atoms with Gasteiger partial charge in [-0.15, -0.1) is 0 Å². The Bertz CT molecular complexity index is 515. The van der Waals surface area contributed by atoms with Crippen LogP contribution >= 0.6 is 11.6 Å². The zero-order chi connectivity index (χ0) is 13.2. The van der Waals surface area contributed by atoms with Crippen molar-refractivity contribution in [3.05, 3.63) is 34.9 Å². The number of rotatable bonds is 4. The van der Waals surface area contributed by atoms with Crippen LogP contribution in [0, 0.1) is 0 Å². The van der Waals surface area contributed by atoms with E-state index in [2.05, 4.69) is 11.0 Å². The van der Waals surface area contributed by atoms with Gasteiger partial charge in [-0.25, -0.2) is 8.42 Å². The molecular weight excluding hydrogens is 270 g/mol. The molecular formula is C13H18ClNO2S. The average Bonchev–Trinajstić information content (AvgIpc) is 2.74. The molecule has 1 atom stereocenters. The molecule has 1 aromatic carbocycles. The van der Waals surface area contributed by atoms with Crippen molar-refractivity contribution in [1.29, 1.82) is 0 Å². The van der Waals surface area contributed by atoms with E-state index in [4.69, 9.17) is 11.6 Å². The van der Waals surface area contributed by atoms with Crippen LogP contribution in [0.25, 0.3) is 0 Å². The third-order valence-corrected chi connectivity index (χ3v) is 4.53. The molecule has 1 aromatic rings. The van der Waals surface area contributed by atoms with Gasteiger partial charge in [0.15, 0.2) is 0 Å². The topological polar surface area (TPSA) is 37.4 Å². The van der Waals surface area contributed by atoms with Gasteiger partial charge < -0.3 is 4.90 Å². The fraction of sp³-hybridized carbons (Fsp3) is 0.538. The predicted octanol–water partition coefficient (Wildman–Crippen LogP) is 2.17. The van der Waals surface area contributed by atoms with E-state index in [0.717, 1.165) is 24.5 Å². The van der Waals surface area contributed by atoms with E-state index < -0.39 is 9.84 Å². The summed E-state index contributed by atoms with van der Waals surface area (Å²) in [7, 11) is -2.86. The summed E-state index contributed by atoms with van der Waals surface area (Å²) in [6.45, 7) is 2.53. The number of nitrogens with zero attached hydrogens (tertiary/aromatic N) is 1. The quantitative estimate of drug-likeness (QED) is 0.852. The van der Waals surface area contributed by atoms with Crippen LogP contribution < -0.4 is 0 Å². The maximum atomic E-state index is 11.1. The first kappa shape index (κ1) is 13.8. The Morgan fingerprint density at radius 3 is 2.89 bits per heavy atom. The standard InChI is InChI=1S/C13H18ClNO2S/c1-18(16,17)8-7-15-6-5-12(10-15)11-3-2-4-13(14)9-11/h2-4,9,12H,5-8,10H2,1H3/t12-/m0/s1. The molecule has 3 nitrogen and oxygen atoms in total. The molecule has 0 aromatic heterocycles. The van der Waals surface area contributed by atoms with Gasteiger partial charge in [0, 0.05) is 24.4 Å². The van der Waals surface area contributed by atoms with Gasteiger partial charge in [-0.2, -0.15) is 0 Å².